The Morgan fingerprint density at radius 2 is 1.95 bits per heavy atom. The van der Waals surface area contributed by atoms with Crippen molar-refractivity contribution in [3.8, 4) is 11.5 Å². The second kappa shape index (κ2) is 7.39. The molecule has 1 saturated heterocycles. The summed E-state index contributed by atoms with van der Waals surface area (Å²) in [7, 11) is 0. The van der Waals surface area contributed by atoms with E-state index in [9.17, 15) is 0 Å². The number of ether oxygens (including phenoxy) is 2. The summed E-state index contributed by atoms with van der Waals surface area (Å²) >= 11 is 0. The molecule has 1 atom stereocenters. The highest BCUT2D eigenvalue weighted by Crippen LogP contribution is 2.30. The van der Waals surface area contributed by atoms with Crippen LogP contribution in [0.5, 0.6) is 11.5 Å². The Morgan fingerprint density at radius 1 is 1.16 bits per heavy atom. The lowest BCUT2D eigenvalue weighted by atomic mass is 9.92. The lowest BCUT2D eigenvalue weighted by Crippen LogP contribution is -2.30. The molecule has 3 nitrogen and oxygen atoms in total. The number of piperidine rings is 1. The first-order valence-electron chi connectivity index (χ1n) is 7.42. The third-order valence-electron chi connectivity index (χ3n) is 3.53. The molecule has 3 heteroatoms. The molecule has 1 aromatic carbocycles. The van der Waals surface area contributed by atoms with Crippen LogP contribution in [-0.2, 0) is 6.42 Å². The number of nitrogens with one attached hydrogen (secondary N) is 1. The summed E-state index contributed by atoms with van der Waals surface area (Å²) in [5, 5.41) is 3.47. The van der Waals surface area contributed by atoms with Crippen LogP contribution >= 0.6 is 0 Å². The second-order valence-corrected chi connectivity index (χ2v) is 5.06. The van der Waals surface area contributed by atoms with Crippen LogP contribution in [0.25, 0.3) is 0 Å². The normalized spacial score (nSPS) is 19.2. The van der Waals surface area contributed by atoms with E-state index in [1.54, 1.807) is 0 Å². The van der Waals surface area contributed by atoms with Crippen LogP contribution in [-0.4, -0.2) is 26.3 Å². The van der Waals surface area contributed by atoms with Crippen LogP contribution in [0, 0.1) is 5.92 Å². The molecule has 1 aliphatic heterocycles. The molecule has 2 rings (SSSR count). The molecule has 1 fully saturated rings. The van der Waals surface area contributed by atoms with Gasteiger partial charge in [0.05, 0.1) is 13.2 Å². The molecular weight excluding hydrogens is 238 g/mol. The minimum Gasteiger partial charge on any atom is -0.490 e. The summed E-state index contributed by atoms with van der Waals surface area (Å²) in [5.41, 5.74) is 1.35. The summed E-state index contributed by atoms with van der Waals surface area (Å²) in [6.45, 7) is 7.66. The van der Waals surface area contributed by atoms with Gasteiger partial charge in [-0.05, 0) is 69.8 Å². The van der Waals surface area contributed by atoms with Crippen molar-refractivity contribution in [2.45, 2.75) is 33.1 Å². The quantitative estimate of drug-likeness (QED) is 0.855. The Bertz CT molecular complexity index is 386. The van der Waals surface area contributed by atoms with Gasteiger partial charge in [-0.3, -0.25) is 0 Å². The molecular formula is C16H25NO2. The maximum Gasteiger partial charge on any atom is 0.161 e. The van der Waals surface area contributed by atoms with E-state index in [0.29, 0.717) is 13.2 Å². The Labute approximate surface area is 116 Å². The monoisotopic (exact) mass is 263 g/mol. The molecule has 19 heavy (non-hydrogen) atoms. The van der Waals surface area contributed by atoms with E-state index >= 15 is 0 Å². The minimum absolute atomic E-state index is 0.673. The van der Waals surface area contributed by atoms with Crippen molar-refractivity contribution in [3.05, 3.63) is 23.8 Å². The lowest BCUT2D eigenvalue weighted by Gasteiger charge is -2.23. The molecule has 0 bridgehead atoms. The third-order valence-corrected chi connectivity index (χ3v) is 3.53. The van der Waals surface area contributed by atoms with Gasteiger partial charge in [-0.2, -0.15) is 0 Å². The maximum absolute atomic E-state index is 5.68. The van der Waals surface area contributed by atoms with Gasteiger partial charge in [0.2, 0.25) is 0 Å². The van der Waals surface area contributed by atoms with Crippen LogP contribution in [0.4, 0.5) is 0 Å². The molecule has 0 radical (unpaired) electrons. The van der Waals surface area contributed by atoms with Crippen molar-refractivity contribution in [1.82, 2.24) is 5.32 Å². The number of rotatable bonds is 6. The van der Waals surface area contributed by atoms with Crippen LogP contribution in [0.15, 0.2) is 18.2 Å². The van der Waals surface area contributed by atoms with E-state index in [1.807, 2.05) is 19.9 Å². The van der Waals surface area contributed by atoms with Crippen molar-refractivity contribution in [1.29, 1.82) is 0 Å². The molecule has 0 amide bonds. The summed E-state index contributed by atoms with van der Waals surface area (Å²) in [5.74, 6) is 2.49. The Balaban J connectivity index is 2.05. The van der Waals surface area contributed by atoms with Crippen molar-refractivity contribution in [2.75, 3.05) is 26.3 Å². The highest BCUT2D eigenvalue weighted by molar-refractivity contribution is 5.43. The molecule has 1 unspecified atom stereocenters. The molecule has 0 aromatic heterocycles. The summed E-state index contributed by atoms with van der Waals surface area (Å²) in [6, 6.07) is 6.35. The van der Waals surface area contributed by atoms with Crippen LogP contribution in [0.3, 0.4) is 0 Å². The van der Waals surface area contributed by atoms with Gasteiger partial charge in [-0.25, -0.2) is 0 Å². The van der Waals surface area contributed by atoms with Gasteiger partial charge in [0, 0.05) is 0 Å². The molecule has 0 saturated carbocycles. The lowest BCUT2D eigenvalue weighted by molar-refractivity contribution is 0.287. The predicted molar refractivity (Wildman–Crippen MR) is 78.1 cm³/mol. The van der Waals surface area contributed by atoms with Crippen molar-refractivity contribution in [2.24, 2.45) is 5.92 Å². The molecule has 1 aromatic rings. The Morgan fingerprint density at radius 3 is 2.63 bits per heavy atom. The van der Waals surface area contributed by atoms with Crippen molar-refractivity contribution < 1.29 is 9.47 Å². The first-order valence-corrected chi connectivity index (χ1v) is 7.42. The maximum atomic E-state index is 5.68. The molecule has 1 N–H and O–H groups in total. The van der Waals surface area contributed by atoms with Crippen molar-refractivity contribution in [3.63, 3.8) is 0 Å². The minimum atomic E-state index is 0.673. The number of benzene rings is 1. The zero-order chi connectivity index (χ0) is 13.5. The standard InChI is InChI=1S/C16H25NO2/c1-3-18-15-8-7-13(11-16(15)19-4-2)10-14-6-5-9-17-12-14/h7-8,11,14,17H,3-6,9-10,12H2,1-2H3. The van der Waals surface area contributed by atoms with Gasteiger partial charge in [0.15, 0.2) is 11.5 Å². The average Bonchev–Trinajstić information content (AvgIpc) is 2.43. The fraction of sp³-hybridized carbons (Fsp3) is 0.625. The molecule has 1 heterocycles. The van der Waals surface area contributed by atoms with Crippen molar-refractivity contribution >= 4 is 0 Å². The Hall–Kier alpha value is -1.22. The SMILES string of the molecule is CCOc1ccc(CC2CCCNC2)cc1OCC. The van der Waals surface area contributed by atoms with Gasteiger partial charge in [0.1, 0.15) is 0 Å². The first-order chi connectivity index (χ1) is 9.33. The van der Waals surface area contributed by atoms with Crippen LogP contribution < -0.4 is 14.8 Å². The zero-order valence-electron chi connectivity index (χ0n) is 12.1. The highest BCUT2D eigenvalue weighted by Gasteiger charge is 2.14. The van der Waals surface area contributed by atoms with E-state index in [0.717, 1.165) is 30.4 Å². The smallest absolute Gasteiger partial charge is 0.161 e. The zero-order valence-corrected chi connectivity index (χ0v) is 12.1. The van der Waals surface area contributed by atoms with Crippen LogP contribution in [0.2, 0.25) is 0 Å². The van der Waals surface area contributed by atoms with E-state index in [4.69, 9.17) is 9.47 Å². The van der Waals surface area contributed by atoms with Gasteiger partial charge in [-0.1, -0.05) is 6.07 Å². The van der Waals surface area contributed by atoms with Crippen LogP contribution in [0.1, 0.15) is 32.3 Å². The van der Waals surface area contributed by atoms with Gasteiger partial charge in [0.25, 0.3) is 0 Å². The molecule has 0 aliphatic carbocycles. The number of hydrogen-bond donors (Lipinski definition) is 1. The molecule has 106 valence electrons. The largest absolute Gasteiger partial charge is 0.490 e. The van der Waals surface area contributed by atoms with Gasteiger partial charge >= 0.3 is 0 Å². The fourth-order valence-corrected chi connectivity index (χ4v) is 2.65. The highest BCUT2D eigenvalue weighted by atomic mass is 16.5. The molecule has 1 aliphatic rings. The summed E-state index contributed by atoms with van der Waals surface area (Å²) in [4.78, 5) is 0. The number of hydrogen-bond acceptors (Lipinski definition) is 3. The molecule has 0 spiro atoms. The topological polar surface area (TPSA) is 30.5 Å². The van der Waals surface area contributed by atoms with Gasteiger partial charge in [-0.15, -0.1) is 0 Å². The average molecular weight is 263 g/mol. The van der Waals surface area contributed by atoms with Gasteiger partial charge < -0.3 is 14.8 Å². The van der Waals surface area contributed by atoms with E-state index < -0.39 is 0 Å². The Kier molecular flexibility index (Phi) is 5.52. The van der Waals surface area contributed by atoms with E-state index in [-0.39, 0.29) is 0 Å². The second-order valence-electron chi connectivity index (χ2n) is 5.06. The van der Waals surface area contributed by atoms with E-state index in [1.165, 1.54) is 24.9 Å². The van der Waals surface area contributed by atoms with E-state index in [2.05, 4.69) is 17.4 Å². The first kappa shape index (κ1) is 14.2. The summed E-state index contributed by atoms with van der Waals surface area (Å²) in [6.07, 6.45) is 3.74. The third kappa shape index (κ3) is 4.13. The summed E-state index contributed by atoms with van der Waals surface area (Å²) < 4.78 is 11.3. The fourth-order valence-electron chi connectivity index (χ4n) is 2.65. The predicted octanol–water partition coefficient (Wildman–Crippen LogP) is 3.03.